The summed E-state index contributed by atoms with van der Waals surface area (Å²) in [4.78, 5) is 2.04. The Kier molecular flexibility index (Phi) is 2.95. The summed E-state index contributed by atoms with van der Waals surface area (Å²) >= 11 is 5.97. The molecule has 2 nitrogen and oxygen atoms in total. The monoisotopic (exact) mass is 184 g/mol. The second-order valence-corrected chi connectivity index (χ2v) is 3.45. The van der Waals surface area contributed by atoms with Crippen molar-refractivity contribution in [2.75, 3.05) is 19.8 Å². The first-order valence-electron chi connectivity index (χ1n) is 3.79. The van der Waals surface area contributed by atoms with Gasteiger partial charge in [0, 0.05) is 22.8 Å². The maximum absolute atomic E-state index is 5.97. The minimum Gasteiger partial charge on any atom is -0.398 e. The van der Waals surface area contributed by atoms with E-state index < -0.39 is 0 Å². The normalized spacial score (nSPS) is 10.7. The van der Waals surface area contributed by atoms with E-state index >= 15 is 0 Å². The SMILES string of the molecule is CN(C)Cc1c(N)cccc1Cl. The molecule has 0 aliphatic carbocycles. The lowest BCUT2D eigenvalue weighted by molar-refractivity contribution is 0.403. The highest BCUT2D eigenvalue weighted by atomic mass is 35.5. The fourth-order valence-corrected chi connectivity index (χ4v) is 1.30. The number of nitrogens with two attached hydrogens (primary N) is 1. The predicted molar refractivity (Wildman–Crippen MR) is 53.3 cm³/mol. The number of nitrogens with zero attached hydrogens (tertiary/aromatic N) is 1. The van der Waals surface area contributed by atoms with Crippen LogP contribution in [0.1, 0.15) is 5.56 Å². The van der Waals surface area contributed by atoms with Crippen LogP contribution < -0.4 is 5.73 Å². The molecule has 0 atom stereocenters. The number of halogens is 1. The molecule has 0 unspecified atom stereocenters. The summed E-state index contributed by atoms with van der Waals surface area (Å²) < 4.78 is 0. The zero-order valence-electron chi connectivity index (χ0n) is 7.34. The summed E-state index contributed by atoms with van der Waals surface area (Å²) in [6, 6.07) is 5.58. The van der Waals surface area contributed by atoms with E-state index in [1.165, 1.54) is 0 Å². The minimum atomic E-state index is 0.740. The van der Waals surface area contributed by atoms with Crippen molar-refractivity contribution in [3.63, 3.8) is 0 Å². The molecule has 0 saturated heterocycles. The van der Waals surface area contributed by atoms with Gasteiger partial charge in [0.1, 0.15) is 0 Å². The third kappa shape index (κ3) is 2.13. The van der Waals surface area contributed by atoms with E-state index in [0.29, 0.717) is 0 Å². The van der Waals surface area contributed by atoms with Gasteiger partial charge >= 0.3 is 0 Å². The number of benzene rings is 1. The van der Waals surface area contributed by atoms with Gasteiger partial charge < -0.3 is 10.6 Å². The van der Waals surface area contributed by atoms with Crippen molar-refractivity contribution in [2.45, 2.75) is 6.54 Å². The zero-order chi connectivity index (χ0) is 9.14. The summed E-state index contributed by atoms with van der Waals surface area (Å²) in [6.07, 6.45) is 0. The molecule has 0 aliphatic rings. The molecule has 0 aliphatic heterocycles. The highest BCUT2D eigenvalue weighted by Gasteiger charge is 2.04. The third-order valence-corrected chi connectivity index (χ3v) is 1.98. The number of hydrogen-bond acceptors (Lipinski definition) is 2. The Morgan fingerprint density at radius 2 is 2.08 bits per heavy atom. The summed E-state index contributed by atoms with van der Waals surface area (Å²) in [5.74, 6) is 0. The Morgan fingerprint density at radius 3 is 2.58 bits per heavy atom. The minimum absolute atomic E-state index is 0.740. The lowest BCUT2D eigenvalue weighted by Crippen LogP contribution is -2.12. The van der Waals surface area contributed by atoms with Gasteiger partial charge in [0.15, 0.2) is 0 Å². The van der Waals surface area contributed by atoms with Gasteiger partial charge in [-0.2, -0.15) is 0 Å². The average Bonchev–Trinajstić information content (AvgIpc) is 1.97. The van der Waals surface area contributed by atoms with Gasteiger partial charge in [0.2, 0.25) is 0 Å². The summed E-state index contributed by atoms with van der Waals surface area (Å²) in [7, 11) is 3.98. The standard InChI is InChI=1S/C9H13ClN2/c1-12(2)6-7-8(10)4-3-5-9(7)11/h3-5H,6,11H2,1-2H3. The average molecular weight is 185 g/mol. The van der Waals surface area contributed by atoms with Gasteiger partial charge in [-0.3, -0.25) is 0 Å². The van der Waals surface area contributed by atoms with Crippen LogP contribution in [0.4, 0.5) is 5.69 Å². The smallest absolute Gasteiger partial charge is 0.0471 e. The first-order chi connectivity index (χ1) is 5.61. The maximum Gasteiger partial charge on any atom is 0.0471 e. The molecule has 1 rings (SSSR count). The van der Waals surface area contributed by atoms with Crippen molar-refractivity contribution in [2.24, 2.45) is 0 Å². The highest BCUT2D eigenvalue weighted by Crippen LogP contribution is 2.22. The Hall–Kier alpha value is -0.730. The molecule has 0 radical (unpaired) electrons. The predicted octanol–water partition coefficient (Wildman–Crippen LogP) is 1.98. The van der Waals surface area contributed by atoms with Gasteiger partial charge in [0.05, 0.1) is 0 Å². The number of anilines is 1. The van der Waals surface area contributed by atoms with Crippen LogP contribution in [-0.4, -0.2) is 19.0 Å². The van der Waals surface area contributed by atoms with E-state index in [9.17, 15) is 0 Å². The fraction of sp³-hybridized carbons (Fsp3) is 0.333. The quantitative estimate of drug-likeness (QED) is 0.713. The Bertz CT molecular complexity index is 251. The molecular formula is C9H13ClN2. The Morgan fingerprint density at radius 1 is 1.42 bits per heavy atom. The van der Waals surface area contributed by atoms with E-state index in [4.69, 9.17) is 17.3 Å². The van der Waals surface area contributed by atoms with Crippen LogP contribution in [0.3, 0.4) is 0 Å². The van der Waals surface area contributed by atoms with E-state index in [1.807, 2.05) is 37.2 Å². The second-order valence-electron chi connectivity index (χ2n) is 3.05. The van der Waals surface area contributed by atoms with E-state index in [-0.39, 0.29) is 0 Å². The largest absolute Gasteiger partial charge is 0.398 e. The van der Waals surface area contributed by atoms with Crippen LogP contribution in [0.15, 0.2) is 18.2 Å². The number of rotatable bonds is 2. The van der Waals surface area contributed by atoms with Crippen molar-refractivity contribution >= 4 is 17.3 Å². The molecular weight excluding hydrogens is 172 g/mol. The summed E-state index contributed by atoms with van der Waals surface area (Å²) in [5, 5.41) is 0.740. The molecule has 2 N–H and O–H groups in total. The van der Waals surface area contributed by atoms with Gasteiger partial charge in [-0.15, -0.1) is 0 Å². The van der Waals surface area contributed by atoms with Crippen LogP contribution in [0.5, 0.6) is 0 Å². The molecule has 0 amide bonds. The van der Waals surface area contributed by atoms with Crippen LogP contribution in [0.25, 0.3) is 0 Å². The first-order valence-corrected chi connectivity index (χ1v) is 4.16. The lowest BCUT2D eigenvalue weighted by Gasteiger charge is -2.12. The van der Waals surface area contributed by atoms with Crippen molar-refractivity contribution in [3.05, 3.63) is 28.8 Å². The van der Waals surface area contributed by atoms with Crippen molar-refractivity contribution < 1.29 is 0 Å². The molecule has 1 aromatic rings. The Labute approximate surface area is 77.9 Å². The highest BCUT2D eigenvalue weighted by molar-refractivity contribution is 6.31. The first kappa shape index (κ1) is 9.36. The second kappa shape index (κ2) is 3.78. The van der Waals surface area contributed by atoms with Crippen molar-refractivity contribution in [1.29, 1.82) is 0 Å². The van der Waals surface area contributed by atoms with E-state index in [2.05, 4.69) is 0 Å². The molecule has 0 spiro atoms. The molecule has 0 aromatic heterocycles. The molecule has 3 heteroatoms. The zero-order valence-corrected chi connectivity index (χ0v) is 8.10. The van der Waals surface area contributed by atoms with Gasteiger partial charge in [-0.25, -0.2) is 0 Å². The third-order valence-electron chi connectivity index (χ3n) is 1.63. The molecule has 1 aromatic carbocycles. The molecule has 0 bridgehead atoms. The van der Waals surface area contributed by atoms with Crippen molar-refractivity contribution in [3.8, 4) is 0 Å². The number of hydrogen-bond donors (Lipinski definition) is 1. The van der Waals surface area contributed by atoms with Crippen LogP contribution >= 0.6 is 11.6 Å². The topological polar surface area (TPSA) is 29.3 Å². The molecule has 0 heterocycles. The Balaban J connectivity index is 2.96. The molecule has 0 saturated carbocycles. The van der Waals surface area contributed by atoms with Gasteiger partial charge in [-0.05, 0) is 26.2 Å². The molecule has 12 heavy (non-hydrogen) atoms. The van der Waals surface area contributed by atoms with E-state index in [0.717, 1.165) is 22.8 Å². The van der Waals surface area contributed by atoms with Gasteiger partial charge in [-0.1, -0.05) is 17.7 Å². The molecule has 0 fully saturated rings. The number of nitrogen functional groups attached to an aromatic ring is 1. The summed E-state index contributed by atoms with van der Waals surface area (Å²) in [6.45, 7) is 0.783. The molecule has 66 valence electrons. The van der Waals surface area contributed by atoms with Crippen LogP contribution in [-0.2, 0) is 6.54 Å². The maximum atomic E-state index is 5.97. The van der Waals surface area contributed by atoms with Gasteiger partial charge in [0.25, 0.3) is 0 Å². The van der Waals surface area contributed by atoms with Crippen molar-refractivity contribution in [1.82, 2.24) is 4.90 Å². The summed E-state index contributed by atoms with van der Waals surface area (Å²) in [5.41, 5.74) is 7.52. The van der Waals surface area contributed by atoms with Crippen LogP contribution in [0.2, 0.25) is 5.02 Å². The lowest BCUT2D eigenvalue weighted by atomic mass is 10.2. The van der Waals surface area contributed by atoms with E-state index in [1.54, 1.807) is 0 Å². The fourth-order valence-electron chi connectivity index (χ4n) is 1.06. The van der Waals surface area contributed by atoms with Crippen LogP contribution in [0, 0.1) is 0 Å².